The summed E-state index contributed by atoms with van der Waals surface area (Å²) < 4.78 is 0. The Balaban J connectivity index is 2.98. The summed E-state index contributed by atoms with van der Waals surface area (Å²) in [5, 5.41) is 20.0. The minimum absolute atomic E-state index is 0.0497. The van der Waals surface area contributed by atoms with Gasteiger partial charge in [-0.05, 0) is 12.8 Å². The van der Waals surface area contributed by atoms with Crippen molar-refractivity contribution in [1.29, 1.82) is 0 Å². The van der Waals surface area contributed by atoms with E-state index in [0.29, 0.717) is 12.8 Å². The molecule has 0 atom stereocenters. The second kappa shape index (κ2) is 11.0. The molecule has 0 saturated heterocycles. The van der Waals surface area contributed by atoms with Crippen LogP contribution in [0, 0.1) is 20.2 Å². The quantitative estimate of drug-likeness (QED) is 0.247. The van der Waals surface area contributed by atoms with Crippen molar-refractivity contribution in [3.8, 4) is 0 Å². The molecule has 0 amide bonds. The SMILES string of the molecule is O=[N+]([O-])CCCCSSCCCC[N+](=O)[O-]. The van der Waals surface area contributed by atoms with E-state index in [1.807, 2.05) is 0 Å². The lowest BCUT2D eigenvalue weighted by atomic mass is 10.3. The highest BCUT2D eigenvalue weighted by molar-refractivity contribution is 8.76. The summed E-state index contributed by atoms with van der Waals surface area (Å²) in [5.41, 5.74) is 0. The van der Waals surface area contributed by atoms with Crippen LogP contribution in [-0.4, -0.2) is 34.4 Å². The van der Waals surface area contributed by atoms with E-state index in [9.17, 15) is 20.2 Å². The molecule has 0 aromatic rings. The first-order valence-electron chi connectivity index (χ1n) is 5.11. The first-order chi connectivity index (χ1) is 7.63. The van der Waals surface area contributed by atoms with Gasteiger partial charge >= 0.3 is 0 Å². The molecule has 0 bridgehead atoms. The van der Waals surface area contributed by atoms with Crippen molar-refractivity contribution < 1.29 is 9.85 Å². The van der Waals surface area contributed by atoms with E-state index in [2.05, 4.69) is 0 Å². The number of nitrogens with zero attached hydrogens (tertiary/aromatic N) is 2. The second-order valence-corrected chi connectivity index (χ2v) is 5.87. The highest BCUT2D eigenvalue weighted by Crippen LogP contribution is 2.23. The average molecular weight is 268 g/mol. The Bertz CT molecular complexity index is 194. The third-order valence-electron chi connectivity index (χ3n) is 1.72. The summed E-state index contributed by atoms with van der Waals surface area (Å²) in [6.07, 6.45) is 2.96. The Morgan fingerprint density at radius 1 is 0.750 bits per heavy atom. The molecule has 0 aliphatic carbocycles. The summed E-state index contributed by atoms with van der Waals surface area (Å²) >= 11 is 0. The van der Waals surface area contributed by atoms with E-state index >= 15 is 0 Å². The molecule has 8 heteroatoms. The van der Waals surface area contributed by atoms with Gasteiger partial charge in [0.25, 0.3) is 0 Å². The lowest BCUT2D eigenvalue weighted by molar-refractivity contribution is -0.480. The zero-order chi connectivity index (χ0) is 12.2. The maximum atomic E-state index is 10.00. The molecule has 0 saturated carbocycles. The molecule has 0 aromatic carbocycles. The van der Waals surface area contributed by atoms with Gasteiger partial charge < -0.3 is 0 Å². The first-order valence-corrected chi connectivity index (χ1v) is 7.59. The van der Waals surface area contributed by atoms with Crippen molar-refractivity contribution >= 4 is 21.6 Å². The Hall–Kier alpha value is -0.500. The van der Waals surface area contributed by atoms with Crippen molar-refractivity contribution in [3.05, 3.63) is 20.2 Å². The Morgan fingerprint density at radius 3 is 1.44 bits per heavy atom. The summed E-state index contributed by atoms with van der Waals surface area (Å²) in [7, 11) is 3.38. The predicted molar refractivity (Wildman–Crippen MR) is 67.1 cm³/mol. The molecule has 16 heavy (non-hydrogen) atoms. The molecule has 0 unspecified atom stereocenters. The summed E-state index contributed by atoms with van der Waals surface area (Å²) in [4.78, 5) is 19.4. The van der Waals surface area contributed by atoms with Crippen LogP contribution < -0.4 is 0 Å². The van der Waals surface area contributed by atoms with Crippen LogP contribution in [0.5, 0.6) is 0 Å². The van der Waals surface area contributed by atoms with Gasteiger partial charge in [0.2, 0.25) is 13.1 Å². The molecular weight excluding hydrogens is 252 g/mol. The van der Waals surface area contributed by atoms with Crippen LogP contribution in [0.25, 0.3) is 0 Å². The number of unbranched alkanes of at least 4 members (excludes halogenated alkanes) is 2. The highest BCUT2D eigenvalue weighted by atomic mass is 33.1. The first kappa shape index (κ1) is 15.5. The van der Waals surface area contributed by atoms with E-state index in [4.69, 9.17) is 0 Å². The van der Waals surface area contributed by atoms with Gasteiger partial charge in [0.1, 0.15) is 0 Å². The molecule has 0 N–H and O–H groups in total. The molecule has 0 rings (SSSR count). The van der Waals surface area contributed by atoms with Crippen LogP contribution >= 0.6 is 21.6 Å². The van der Waals surface area contributed by atoms with Gasteiger partial charge in [-0.2, -0.15) is 0 Å². The van der Waals surface area contributed by atoms with Crippen LogP contribution in [0.15, 0.2) is 0 Å². The number of hydrogen-bond donors (Lipinski definition) is 0. The molecule has 94 valence electrons. The average Bonchev–Trinajstić information content (AvgIpc) is 2.20. The third-order valence-corrected chi connectivity index (χ3v) is 4.30. The Kier molecular flexibility index (Phi) is 10.7. The van der Waals surface area contributed by atoms with Crippen molar-refractivity contribution in [2.24, 2.45) is 0 Å². The van der Waals surface area contributed by atoms with Crippen LogP contribution in [0.4, 0.5) is 0 Å². The fourth-order valence-corrected chi connectivity index (χ4v) is 3.22. The largest absolute Gasteiger partial charge is 0.265 e. The van der Waals surface area contributed by atoms with Crippen molar-refractivity contribution in [2.75, 3.05) is 24.6 Å². The van der Waals surface area contributed by atoms with E-state index in [1.54, 1.807) is 21.6 Å². The van der Waals surface area contributed by atoms with Crippen molar-refractivity contribution in [2.45, 2.75) is 25.7 Å². The zero-order valence-electron chi connectivity index (χ0n) is 9.00. The molecule has 0 aliphatic rings. The van der Waals surface area contributed by atoms with E-state index < -0.39 is 0 Å². The zero-order valence-corrected chi connectivity index (χ0v) is 10.6. The molecular formula is C8H16N2O4S2. The highest BCUT2D eigenvalue weighted by Gasteiger charge is 1.99. The maximum absolute atomic E-state index is 10.00. The van der Waals surface area contributed by atoms with Crippen LogP contribution in [-0.2, 0) is 0 Å². The minimum Gasteiger partial charge on any atom is -0.265 e. The molecule has 0 radical (unpaired) electrons. The lowest BCUT2D eigenvalue weighted by Gasteiger charge is -1.99. The van der Waals surface area contributed by atoms with Crippen LogP contribution in [0.2, 0.25) is 0 Å². The monoisotopic (exact) mass is 268 g/mol. The van der Waals surface area contributed by atoms with Gasteiger partial charge in [0.15, 0.2) is 0 Å². The topological polar surface area (TPSA) is 86.3 Å². The summed E-state index contributed by atoms with van der Waals surface area (Å²) in [5.74, 6) is 1.82. The van der Waals surface area contributed by atoms with Gasteiger partial charge in [-0.25, -0.2) is 0 Å². The summed E-state index contributed by atoms with van der Waals surface area (Å²) in [6, 6.07) is 0. The van der Waals surface area contributed by atoms with Gasteiger partial charge in [0, 0.05) is 34.2 Å². The fourth-order valence-electron chi connectivity index (χ4n) is 0.922. The molecule has 0 heterocycles. The summed E-state index contributed by atoms with van der Waals surface area (Å²) in [6.45, 7) is 0.0993. The Morgan fingerprint density at radius 2 is 1.12 bits per heavy atom. The minimum atomic E-state index is -0.296. The predicted octanol–water partition coefficient (Wildman–Crippen LogP) is 2.48. The van der Waals surface area contributed by atoms with E-state index in [1.165, 1.54) is 0 Å². The van der Waals surface area contributed by atoms with Crippen molar-refractivity contribution in [1.82, 2.24) is 0 Å². The van der Waals surface area contributed by atoms with Crippen LogP contribution in [0.1, 0.15) is 25.7 Å². The molecule has 6 nitrogen and oxygen atoms in total. The molecule has 0 aliphatic heterocycles. The smallest absolute Gasteiger partial charge is 0.203 e. The Labute approximate surface area is 102 Å². The molecule has 0 spiro atoms. The van der Waals surface area contributed by atoms with Gasteiger partial charge in [0.05, 0.1) is 0 Å². The van der Waals surface area contributed by atoms with Crippen LogP contribution in [0.3, 0.4) is 0 Å². The second-order valence-electron chi connectivity index (χ2n) is 3.17. The third kappa shape index (κ3) is 13.5. The number of nitro groups is 2. The standard InChI is InChI=1S/C8H16N2O4S2/c11-9(12)5-1-3-7-15-16-8-4-2-6-10(13)14/h1-8H2. The van der Waals surface area contributed by atoms with Crippen molar-refractivity contribution in [3.63, 3.8) is 0 Å². The van der Waals surface area contributed by atoms with E-state index in [0.717, 1.165) is 24.3 Å². The molecule has 0 fully saturated rings. The van der Waals surface area contributed by atoms with Gasteiger partial charge in [-0.1, -0.05) is 21.6 Å². The maximum Gasteiger partial charge on any atom is 0.203 e. The van der Waals surface area contributed by atoms with E-state index in [-0.39, 0.29) is 22.9 Å². The normalized spacial score (nSPS) is 10.2. The number of rotatable bonds is 11. The van der Waals surface area contributed by atoms with Gasteiger partial charge in [-0.15, -0.1) is 0 Å². The lowest BCUT2D eigenvalue weighted by Crippen LogP contribution is -2.00. The fraction of sp³-hybridized carbons (Fsp3) is 1.00. The number of hydrogen-bond acceptors (Lipinski definition) is 6. The van der Waals surface area contributed by atoms with Gasteiger partial charge in [-0.3, -0.25) is 20.2 Å². The molecule has 0 aromatic heterocycles.